The van der Waals surface area contributed by atoms with Gasteiger partial charge in [-0.05, 0) is 32.0 Å². The summed E-state index contributed by atoms with van der Waals surface area (Å²) >= 11 is 1.64. The van der Waals surface area contributed by atoms with E-state index >= 15 is 0 Å². The average Bonchev–Trinajstić information content (AvgIpc) is 2.65. The summed E-state index contributed by atoms with van der Waals surface area (Å²) in [5.41, 5.74) is 1.36. The molecule has 6 heteroatoms. The maximum Gasteiger partial charge on any atom is 0.254 e. The summed E-state index contributed by atoms with van der Waals surface area (Å²) in [5.74, 6) is 0.766. The number of rotatable bonds is 1. The van der Waals surface area contributed by atoms with Crippen LogP contribution in [0, 0.1) is 0 Å². The second-order valence-corrected chi connectivity index (χ2v) is 6.96. The molecule has 2 aliphatic rings. The highest BCUT2D eigenvalue weighted by Gasteiger charge is 2.27. The number of nitrogens with one attached hydrogen (secondary N) is 1. The second kappa shape index (κ2) is 6.30. The number of anilines is 1. The van der Waals surface area contributed by atoms with Gasteiger partial charge in [0.05, 0.1) is 17.9 Å². The number of benzene rings is 1. The maximum atomic E-state index is 12.7. The Morgan fingerprint density at radius 3 is 2.77 bits per heavy atom. The standard InChI is InChI=1S/C16H20N2O3S/c1-10-8-18(9-11(2)21-10)16(20)12-3-4-14-13(7-12)17-15(19)5-6-22-14/h3-4,7,10-11H,5-6,8-9H2,1-2H3,(H,17,19)/t10-,11-/m0/s1. The van der Waals surface area contributed by atoms with Crippen molar-refractivity contribution >= 4 is 29.3 Å². The number of hydrogen-bond acceptors (Lipinski definition) is 4. The molecule has 0 aromatic heterocycles. The molecule has 0 saturated carbocycles. The highest BCUT2D eigenvalue weighted by molar-refractivity contribution is 7.99. The quantitative estimate of drug-likeness (QED) is 0.863. The molecular weight excluding hydrogens is 300 g/mol. The Morgan fingerprint density at radius 2 is 2.05 bits per heavy atom. The van der Waals surface area contributed by atoms with Crippen molar-refractivity contribution in [1.29, 1.82) is 0 Å². The van der Waals surface area contributed by atoms with Crippen LogP contribution in [0.5, 0.6) is 0 Å². The van der Waals surface area contributed by atoms with Gasteiger partial charge in [-0.2, -0.15) is 0 Å². The fourth-order valence-corrected chi connectivity index (χ4v) is 3.82. The fourth-order valence-electron chi connectivity index (χ4n) is 2.88. The summed E-state index contributed by atoms with van der Waals surface area (Å²) in [6.45, 7) is 5.15. The van der Waals surface area contributed by atoms with E-state index in [0.717, 1.165) is 16.3 Å². The molecule has 1 N–H and O–H groups in total. The first kappa shape index (κ1) is 15.4. The zero-order valence-corrected chi connectivity index (χ0v) is 13.6. The first-order valence-electron chi connectivity index (χ1n) is 7.54. The molecule has 0 radical (unpaired) electrons. The van der Waals surface area contributed by atoms with Crippen molar-refractivity contribution < 1.29 is 14.3 Å². The van der Waals surface area contributed by atoms with Crippen molar-refractivity contribution in [3.8, 4) is 0 Å². The van der Waals surface area contributed by atoms with E-state index in [4.69, 9.17) is 4.74 Å². The Morgan fingerprint density at radius 1 is 1.32 bits per heavy atom. The molecule has 1 saturated heterocycles. The normalized spacial score (nSPS) is 25.2. The van der Waals surface area contributed by atoms with Crippen LogP contribution < -0.4 is 5.32 Å². The van der Waals surface area contributed by atoms with E-state index in [1.54, 1.807) is 17.8 Å². The predicted molar refractivity (Wildman–Crippen MR) is 86.3 cm³/mol. The topological polar surface area (TPSA) is 58.6 Å². The van der Waals surface area contributed by atoms with Crippen LogP contribution in [-0.2, 0) is 9.53 Å². The number of morpholine rings is 1. The van der Waals surface area contributed by atoms with E-state index in [0.29, 0.717) is 25.1 Å². The van der Waals surface area contributed by atoms with Crippen molar-refractivity contribution in [2.24, 2.45) is 0 Å². The van der Waals surface area contributed by atoms with Crippen LogP contribution in [-0.4, -0.2) is 47.8 Å². The molecule has 1 aromatic carbocycles. The van der Waals surface area contributed by atoms with Crippen molar-refractivity contribution in [3.63, 3.8) is 0 Å². The minimum absolute atomic E-state index is 0.00414. The minimum Gasteiger partial charge on any atom is -0.372 e. The van der Waals surface area contributed by atoms with Gasteiger partial charge in [0.1, 0.15) is 0 Å². The lowest BCUT2D eigenvalue weighted by atomic mass is 10.1. The number of carbonyl (C=O) groups excluding carboxylic acids is 2. The van der Waals surface area contributed by atoms with E-state index in [1.165, 1.54) is 0 Å². The van der Waals surface area contributed by atoms with E-state index in [-0.39, 0.29) is 24.0 Å². The number of amides is 2. The molecule has 0 aliphatic carbocycles. The van der Waals surface area contributed by atoms with Gasteiger partial charge in [0.2, 0.25) is 5.91 Å². The largest absolute Gasteiger partial charge is 0.372 e. The van der Waals surface area contributed by atoms with Gasteiger partial charge in [0.15, 0.2) is 0 Å². The number of ether oxygens (including phenoxy) is 1. The average molecular weight is 320 g/mol. The van der Waals surface area contributed by atoms with Gasteiger partial charge < -0.3 is 15.0 Å². The Balaban J connectivity index is 1.82. The monoisotopic (exact) mass is 320 g/mol. The van der Waals surface area contributed by atoms with Crippen molar-refractivity contribution in [2.75, 3.05) is 24.2 Å². The summed E-state index contributed by atoms with van der Waals surface area (Å²) in [5, 5.41) is 2.88. The van der Waals surface area contributed by atoms with Crippen LogP contribution in [0.2, 0.25) is 0 Å². The lowest BCUT2D eigenvalue weighted by Gasteiger charge is -2.35. The predicted octanol–water partition coefficient (Wildman–Crippen LogP) is 2.37. The molecule has 0 unspecified atom stereocenters. The molecule has 0 bridgehead atoms. The van der Waals surface area contributed by atoms with Gasteiger partial charge >= 0.3 is 0 Å². The van der Waals surface area contributed by atoms with Crippen LogP contribution in [0.4, 0.5) is 5.69 Å². The van der Waals surface area contributed by atoms with Crippen LogP contribution >= 0.6 is 11.8 Å². The Kier molecular flexibility index (Phi) is 4.40. The lowest BCUT2D eigenvalue weighted by molar-refractivity contribution is -0.115. The minimum atomic E-state index is -0.00621. The van der Waals surface area contributed by atoms with Crippen LogP contribution in [0.15, 0.2) is 23.1 Å². The molecule has 2 aliphatic heterocycles. The first-order valence-corrected chi connectivity index (χ1v) is 8.53. The van der Waals surface area contributed by atoms with Crippen molar-refractivity contribution in [3.05, 3.63) is 23.8 Å². The molecule has 22 heavy (non-hydrogen) atoms. The molecule has 2 atom stereocenters. The smallest absolute Gasteiger partial charge is 0.254 e. The van der Waals surface area contributed by atoms with Gasteiger partial charge in [-0.3, -0.25) is 9.59 Å². The van der Waals surface area contributed by atoms with Crippen LogP contribution in [0.3, 0.4) is 0 Å². The first-order chi connectivity index (χ1) is 10.5. The van der Waals surface area contributed by atoms with E-state index in [2.05, 4.69) is 5.32 Å². The lowest BCUT2D eigenvalue weighted by Crippen LogP contribution is -2.48. The summed E-state index contributed by atoms with van der Waals surface area (Å²) in [7, 11) is 0. The number of fused-ring (bicyclic) bond motifs is 1. The summed E-state index contributed by atoms with van der Waals surface area (Å²) in [6, 6.07) is 5.56. The van der Waals surface area contributed by atoms with E-state index in [1.807, 2.05) is 30.9 Å². The third-order valence-electron chi connectivity index (χ3n) is 3.79. The molecule has 1 aromatic rings. The Labute approximate surface area is 134 Å². The molecule has 5 nitrogen and oxygen atoms in total. The number of hydrogen-bond donors (Lipinski definition) is 1. The second-order valence-electron chi connectivity index (χ2n) is 5.83. The summed E-state index contributed by atoms with van der Waals surface area (Å²) in [6.07, 6.45) is 0.591. The zero-order chi connectivity index (χ0) is 15.7. The van der Waals surface area contributed by atoms with Gasteiger partial charge in [-0.25, -0.2) is 0 Å². The van der Waals surface area contributed by atoms with Crippen molar-refractivity contribution in [1.82, 2.24) is 4.90 Å². The van der Waals surface area contributed by atoms with Gasteiger partial charge in [0.25, 0.3) is 5.91 Å². The third-order valence-corrected chi connectivity index (χ3v) is 4.87. The van der Waals surface area contributed by atoms with Gasteiger partial charge in [0, 0.05) is 35.7 Å². The molecule has 2 heterocycles. The Hall–Kier alpha value is -1.53. The van der Waals surface area contributed by atoms with Crippen LogP contribution in [0.25, 0.3) is 0 Å². The van der Waals surface area contributed by atoms with Gasteiger partial charge in [-0.15, -0.1) is 11.8 Å². The van der Waals surface area contributed by atoms with Crippen LogP contribution in [0.1, 0.15) is 30.6 Å². The maximum absolute atomic E-state index is 12.7. The van der Waals surface area contributed by atoms with Crippen molar-refractivity contribution in [2.45, 2.75) is 37.4 Å². The highest BCUT2D eigenvalue weighted by Crippen LogP contribution is 2.32. The summed E-state index contributed by atoms with van der Waals surface area (Å²) < 4.78 is 5.67. The molecule has 118 valence electrons. The highest BCUT2D eigenvalue weighted by atomic mass is 32.2. The van der Waals surface area contributed by atoms with Gasteiger partial charge in [-0.1, -0.05) is 0 Å². The zero-order valence-electron chi connectivity index (χ0n) is 12.8. The summed E-state index contributed by atoms with van der Waals surface area (Å²) in [4.78, 5) is 27.2. The number of carbonyl (C=O) groups is 2. The van der Waals surface area contributed by atoms with E-state index < -0.39 is 0 Å². The number of nitrogens with zero attached hydrogens (tertiary/aromatic N) is 1. The fraction of sp³-hybridized carbons (Fsp3) is 0.500. The number of thioether (sulfide) groups is 1. The molecule has 1 fully saturated rings. The molecular formula is C16H20N2O3S. The molecule has 3 rings (SSSR count). The molecule has 0 spiro atoms. The Bertz CT molecular complexity index is 595. The van der Waals surface area contributed by atoms with E-state index in [9.17, 15) is 9.59 Å². The third kappa shape index (κ3) is 3.28. The SMILES string of the molecule is C[C@H]1CN(C(=O)c2ccc3c(c2)NC(=O)CCS3)C[C@H](C)O1. The molecule has 2 amide bonds.